The Labute approximate surface area is 127 Å². The summed E-state index contributed by atoms with van der Waals surface area (Å²) in [5, 5.41) is 4.50. The quantitative estimate of drug-likeness (QED) is 0.783. The van der Waals surface area contributed by atoms with E-state index >= 15 is 0 Å². The van der Waals surface area contributed by atoms with Gasteiger partial charge in [-0.15, -0.1) is 0 Å². The highest BCUT2D eigenvalue weighted by atomic mass is 35.5. The number of nitrogens with one attached hydrogen (secondary N) is 1. The van der Waals surface area contributed by atoms with Crippen molar-refractivity contribution in [3.8, 4) is 5.75 Å². The topological polar surface area (TPSA) is 21.3 Å². The molecule has 1 aromatic rings. The fraction of sp³-hybridized carbons (Fsp3) is 0.647. The molecule has 0 radical (unpaired) electrons. The van der Waals surface area contributed by atoms with Crippen LogP contribution in [0.4, 0.5) is 0 Å². The number of benzene rings is 1. The Morgan fingerprint density at radius 2 is 2.15 bits per heavy atom. The van der Waals surface area contributed by atoms with Crippen LogP contribution in [-0.4, -0.2) is 13.2 Å². The largest absolute Gasteiger partial charge is 0.493 e. The molecular weight excluding hydrogens is 270 g/mol. The zero-order valence-corrected chi connectivity index (χ0v) is 13.6. The summed E-state index contributed by atoms with van der Waals surface area (Å²) in [5.74, 6) is 1.77. The molecule has 1 aliphatic rings. The van der Waals surface area contributed by atoms with E-state index in [0.29, 0.717) is 12.0 Å². The molecule has 0 saturated carbocycles. The standard InChI is InChI=1S/C17H26ClNO/c1-4-7-19-16(9-12(3)5-2)15-11-14(18)10-13-6-8-20-17(13)15/h10-12,16,19H,4-9H2,1-3H3. The Morgan fingerprint density at radius 3 is 2.85 bits per heavy atom. The van der Waals surface area contributed by atoms with E-state index in [0.717, 1.165) is 43.2 Å². The minimum Gasteiger partial charge on any atom is -0.493 e. The van der Waals surface area contributed by atoms with Crippen molar-refractivity contribution < 1.29 is 4.74 Å². The summed E-state index contributed by atoms with van der Waals surface area (Å²) in [5.41, 5.74) is 2.51. The van der Waals surface area contributed by atoms with Crippen LogP contribution in [0.5, 0.6) is 5.75 Å². The van der Waals surface area contributed by atoms with Gasteiger partial charge in [-0.05, 0) is 43.0 Å². The predicted molar refractivity (Wildman–Crippen MR) is 85.8 cm³/mol. The number of hydrogen-bond acceptors (Lipinski definition) is 2. The van der Waals surface area contributed by atoms with Gasteiger partial charge >= 0.3 is 0 Å². The molecule has 0 aliphatic carbocycles. The molecule has 0 amide bonds. The maximum Gasteiger partial charge on any atom is 0.127 e. The molecule has 1 aromatic carbocycles. The van der Waals surface area contributed by atoms with Crippen LogP contribution in [0.1, 0.15) is 57.2 Å². The van der Waals surface area contributed by atoms with Gasteiger partial charge in [0.15, 0.2) is 0 Å². The minimum atomic E-state index is 0.343. The molecule has 2 atom stereocenters. The van der Waals surface area contributed by atoms with Crippen molar-refractivity contribution in [3.63, 3.8) is 0 Å². The fourth-order valence-electron chi connectivity index (χ4n) is 2.76. The highest BCUT2D eigenvalue weighted by molar-refractivity contribution is 6.30. The third kappa shape index (κ3) is 3.67. The number of hydrogen-bond donors (Lipinski definition) is 1. The molecule has 0 aromatic heterocycles. The van der Waals surface area contributed by atoms with Gasteiger partial charge in [0.2, 0.25) is 0 Å². The maximum atomic E-state index is 6.29. The van der Waals surface area contributed by atoms with Crippen LogP contribution in [0, 0.1) is 5.92 Å². The van der Waals surface area contributed by atoms with Crippen LogP contribution in [0.3, 0.4) is 0 Å². The Kier molecular flexibility index (Phi) is 5.74. The van der Waals surface area contributed by atoms with Crippen LogP contribution in [0.2, 0.25) is 5.02 Å². The lowest BCUT2D eigenvalue weighted by Gasteiger charge is -2.24. The highest BCUT2D eigenvalue weighted by Crippen LogP contribution is 2.38. The predicted octanol–water partition coefficient (Wildman–Crippen LogP) is 4.75. The molecule has 0 fully saturated rings. The van der Waals surface area contributed by atoms with Gasteiger partial charge in [-0.2, -0.15) is 0 Å². The van der Waals surface area contributed by atoms with Crippen molar-refractivity contribution in [2.75, 3.05) is 13.2 Å². The first-order valence-electron chi connectivity index (χ1n) is 7.84. The van der Waals surface area contributed by atoms with E-state index in [9.17, 15) is 0 Å². The molecule has 112 valence electrons. The summed E-state index contributed by atoms with van der Waals surface area (Å²) in [4.78, 5) is 0. The van der Waals surface area contributed by atoms with Crippen LogP contribution in [-0.2, 0) is 6.42 Å². The number of rotatable bonds is 7. The van der Waals surface area contributed by atoms with Gasteiger partial charge in [-0.3, -0.25) is 0 Å². The lowest BCUT2D eigenvalue weighted by atomic mass is 9.92. The van der Waals surface area contributed by atoms with E-state index in [1.54, 1.807) is 0 Å². The van der Waals surface area contributed by atoms with Crippen molar-refractivity contribution in [1.29, 1.82) is 0 Å². The minimum absolute atomic E-state index is 0.343. The van der Waals surface area contributed by atoms with Gasteiger partial charge in [-0.25, -0.2) is 0 Å². The molecule has 0 bridgehead atoms. The van der Waals surface area contributed by atoms with E-state index < -0.39 is 0 Å². The Hall–Kier alpha value is -0.730. The van der Waals surface area contributed by atoms with E-state index in [1.165, 1.54) is 17.5 Å². The van der Waals surface area contributed by atoms with Crippen molar-refractivity contribution in [2.45, 2.75) is 52.5 Å². The van der Waals surface area contributed by atoms with Gasteiger partial charge in [0.25, 0.3) is 0 Å². The number of ether oxygens (including phenoxy) is 1. The van der Waals surface area contributed by atoms with Crippen molar-refractivity contribution in [2.24, 2.45) is 5.92 Å². The Balaban J connectivity index is 2.27. The fourth-order valence-corrected chi connectivity index (χ4v) is 3.01. The van der Waals surface area contributed by atoms with Crippen molar-refractivity contribution >= 4 is 11.6 Å². The molecule has 2 unspecified atom stereocenters. The normalized spacial score (nSPS) is 16.6. The van der Waals surface area contributed by atoms with Crippen molar-refractivity contribution in [1.82, 2.24) is 5.32 Å². The summed E-state index contributed by atoms with van der Waals surface area (Å²) >= 11 is 6.29. The third-order valence-electron chi connectivity index (χ3n) is 4.13. The monoisotopic (exact) mass is 295 g/mol. The molecule has 2 rings (SSSR count). The summed E-state index contributed by atoms with van der Waals surface area (Å²) in [6.07, 6.45) is 4.45. The molecule has 20 heavy (non-hydrogen) atoms. The molecule has 1 aliphatic heterocycles. The zero-order valence-electron chi connectivity index (χ0n) is 12.8. The first kappa shape index (κ1) is 15.7. The maximum absolute atomic E-state index is 6.29. The lowest BCUT2D eigenvalue weighted by molar-refractivity contribution is 0.339. The third-order valence-corrected chi connectivity index (χ3v) is 4.35. The molecule has 1 heterocycles. The number of halogens is 1. The van der Waals surface area contributed by atoms with Gasteiger partial charge < -0.3 is 10.1 Å². The Bertz CT molecular complexity index is 447. The second kappa shape index (κ2) is 7.33. The summed E-state index contributed by atoms with van der Waals surface area (Å²) in [6.45, 7) is 8.58. The molecular formula is C17H26ClNO. The number of fused-ring (bicyclic) bond motifs is 1. The zero-order chi connectivity index (χ0) is 14.5. The van der Waals surface area contributed by atoms with E-state index in [2.05, 4.69) is 32.2 Å². The van der Waals surface area contributed by atoms with Crippen LogP contribution >= 0.6 is 11.6 Å². The van der Waals surface area contributed by atoms with Gasteiger partial charge in [0.1, 0.15) is 5.75 Å². The van der Waals surface area contributed by atoms with E-state index in [4.69, 9.17) is 16.3 Å². The second-order valence-electron chi connectivity index (χ2n) is 5.84. The summed E-state index contributed by atoms with van der Waals surface area (Å²) in [6, 6.07) is 4.48. The average molecular weight is 296 g/mol. The van der Waals surface area contributed by atoms with Crippen LogP contribution < -0.4 is 10.1 Å². The van der Waals surface area contributed by atoms with Crippen LogP contribution in [0.15, 0.2) is 12.1 Å². The molecule has 0 spiro atoms. The van der Waals surface area contributed by atoms with Gasteiger partial charge in [-0.1, -0.05) is 38.8 Å². The van der Waals surface area contributed by atoms with E-state index in [-0.39, 0.29) is 0 Å². The first-order valence-corrected chi connectivity index (χ1v) is 8.22. The summed E-state index contributed by atoms with van der Waals surface area (Å²) in [7, 11) is 0. The first-order chi connectivity index (χ1) is 9.65. The molecule has 2 nitrogen and oxygen atoms in total. The second-order valence-corrected chi connectivity index (χ2v) is 6.27. The SMILES string of the molecule is CCCNC(CC(C)CC)c1cc(Cl)cc2c1OCC2. The average Bonchev–Trinajstić information content (AvgIpc) is 2.90. The van der Waals surface area contributed by atoms with Crippen LogP contribution in [0.25, 0.3) is 0 Å². The van der Waals surface area contributed by atoms with Gasteiger partial charge in [0.05, 0.1) is 6.61 Å². The molecule has 1 N–H and O–H groups in total. The van der Waals surface area contributed by atoms with E-state index in [1.807, 2.05) is 6.07 Å². The smallest absolute Gasteiger partial charge is 0.127 e. The Morgan fingerprint density at radius 1 is 1.35 bits per heavy atom. The molecule has 3 heteroatoms. The lowest BCUT2D eigenvalue weighted by Crippen LogP contribution is -2.24. The molecule has 0 saturated heterocycles. The van der Waals surface area contributed by atoms with Crippen molar-refractivity contribution in [3.05, 3.63) is 28.3 Å². The summed E-state index contributed by atoms with van der Waals surface area (Å²) < 4.78 is 5.86. The highest BCUT2D eigenvalue weighted by Gasteiger charge is 2.24. The van der Waals surface area contributed by atoms with Gasteiger partial charge in [0, 0.05) is 23.0 Å².